The molecule has 2 nitrogen and oxygen atoms in total. The van der Waals surface area contributed by atoms with E-state index in [0.29, 0.717) is 12.5 Å². The second kappa shape index (κ2) is 6.19. The van der Waals surface area contributed by atoms with Gasteiger partial charge in [0.1, 0.15) is 5.82 Å². The minimum Gasteiger partial charge on any atom is -0.391 e. The fourth-order valence-electron chi connectivity index (χ4n) is 2.73. The van der Waals surface area contributed by atoms with Crippen LogP contribution in [0.25, 0.3) is 0 Å². The van der Waals surface area contributed by atoms with Crippen LogP contribution < -0.4 is 5.32 Å². The number of hydrogen-bond acceptors (Lipinski definition) is 2. The van der Waals surface area contributed by atoms with Gasteiger partial charge in [0.15, 0.2) is 0 Å². The number of aliphatic hydroxyl groups excluding tert-OH is 1. The first-order valence-electron chi connectivity index (χ1n) is 6.83. The van der Waals surface area contributed by atoms with Crippen LogP contribution in [-0.2, 0) is 0 Å². The Morgan fingerprint density at radius 2 is 2.11 bits per heavy atom. The normalized spacial score (nSPS) is 17.9. The maximum atomic E-state index is 13.1. The van der Waals surface area contributed by atoms with E-state index in [4.69, 9.17) is 0 Å². The zero-order valence-electron chi connectivity index (χ0n) is 11.0. The highest BCUT2D eigenvalue weighted by molar-refractivity contribution is 5.50. The van der Waals surface area contributed by atoms with Gasteiger partial charge in [0.25, 0.3) is 0 Å². The Labute approximate surface area is 108 Å². The number of aryl methyl sites for hydroxylation is 1. The Morgan fingerprint density at radius 3 is 2.83 bits per heavy atom. The molecule has 1 aliphatic rings. The molecule has 0 aliphatic heterocycles. The SMILES string of the molecule is Cc1ccc(F)cc1NCC(O)CC1CCCC1. The molecule has 1 aromatic rings. The quantitative estimate of drug-likeness (QED) is 0.839. The van der Waals surface area contributed by atoms with Gasteiger partial charge >= 0.3 is 0 Å². The molecule has 0 bridgehead atoms. The molecule has 1 atom stereocenters. The molecule has 3 heteroatoms. The number of nitrogens with one attached hydrogen (secondary N) is 1. The number of rotatable bonds is 5. The summed E-state index contributed by atoms with van der Waals surface area (Å²) in [6.45, 7) is 2.44. The van der Waals surface area contributed by atoms with Crippen LogP contribution in [-0.4, -0.2) is 17.8 Å². The zero-order valence-corrected chi connectivity index (χ0v) is 11.0. The van der Waals surface area contributed by atoms with E-state index < -0.39 is 0 Å². The van der Waals surface area contributed by atoms with E-state index in [9.17, 15) is 9.50 Å². The average molecular weight is 251 g/mol. The monoisotopic (exact) mass is 251 g/mol. The van der Waals surface area contributed by atoms with Gasteiger partial charge in [0, 0.05) is 12.2 Å². The molecule has 0 heterocycles. The number of benzene rings is 1. The smallest absolute Gasteiger partial charge is 0.125 e. The zero-order chi connectivity index (χ0) is 13.0. The molecule has 0 aromatic heterocycles. The summed E-state index contributed by atoms with van der Waals surface area (Å²) in [7, 11) is 0. The molecule has 18 heavy (non-hydrogen) atoms. The van der Waals surface area contributed by atoms with Gasteiger partial charge in [-0.3, -0.25) is 0 Å². The van der Waals surface area contributed by atoms with Crippen molar-refractivity contribution in [2.24, 2.45) is 5.92 Å². The van der Waals surface area contributed by atoms with Crippen LogP contribution in [0.15, 0.2) is 18.2 Å². The largest absolute Gasteiger partial charge is 0.391 e. The van der Waals surface area contributed by atoms with E-state index in [1.165, 1.54) is 37.8 Å². The lowest BCUT2D eigenvalue weighted by Gasteiger charge is -2.17. The van der Waals surface area contributed by atoms with E-state index in [1.807, 2.05) is 6.92 Å². The molecule has 1 unspecified atom stereocenters. The van der Waals surface area contributed by atoms with Crippen molar-refractivity contribution in [1.82, 2.24) is 0 Å². The molecule has 0 amide bonds. The summed E-state index contributed by atoms with van der Waals surface area (Å²) in [6, 6.07) is 4.69. The van der Waals surface area contributed by atoms with Gasteiger partial charge in [-0.1, -0.05) is 31.7 Å². The molecule has 0 spiro atoms. The second-order valence-corrected chi connectivity index (χ2v) is 5.38. The molecule has 1 aromatic carbocycles. The molecule has 2 rings (SSSR count). The summed E-state index contributed by atoms with van der Waals surface area (Å²) in [5.41, 5.74) is 1.78. The maximum Gasteiger partial charge on any atom is 0.125 e. The summed E-state index contributed by atoms with van der Waals surface area (Å²) in [5.74, 6) is 0.434. The van der Waals surface area contributed by atoms with Crippen molar-refractivity contribution < 1.29 is 9.50 Å². The van der Waals surface area contributed by atoms with Crippen LogP contribution >= 0.6 is 0 Å². The van der Waals surface area contributed by atoms with E-state index in [-0.39, 0.29) is 11.9 Å². The molecule has 0 saturated heterocycles. The molecular weight excluding hydrogens is 229 g/mol. The topological polar surface area (TPSA) is 32.3 Å². The lowest BCUT2D eigenvalue weighted by Crippen LogP contribution is -2.22. The van der Waals surface area contributed by atoms with Crippen LogP contribution in [0.3, 0.4) is 0 Å². The van der Waals surface area contributed by atoms with E-state index in [1.54, 1.807) is 6.07 Å². The van der Waals surface area contributed by atoms with E-state index in [0.717, 1.165) is 17.7 Å². The summed E-state index contributed by atoms with van der Waals surface area (Å²) in [4.78, 5) is 0. The van der Waals surface area contributed by atoms with Crippen molar-refractivity contribution >= 4 is 5.69 Å². The highest BCUT2D eigenvalue weighted by atomic mass is 19.1. The van der Waals surface area contributed by atoms with Gasteiger partial charge in [-0.15, -0.1) is 0 Å². The van der Waals surface area contributed by atoms with Crippen molar-refractivity contribution in [3.8, 4) is 0 Å². The van der Waals surface area contributed by atoms with E-state index >= 15 is 0 Å². The fourth-order valence-corrected chi connectivity index (χ4v) is 2.73. The van der Waals surface area contributed by atoms with Crippen molar-refractivity contribution in [1.29, 1.82) is 0 Å². The number of hydrogen-bond donors (Lipinski definition) is 2. The van der Waals surface area contributed by atoms with Gasteiger partial charge in [0.2, 0.25) is 0 Å². The summed E-state index contributed by atoms with van der Waals surface area (Å²) >= 11 is 0. The number of halogens is 1. The highest BCUT2D eigenvalue weighted by Gasteiger charge is 2.18. The van der Waals surface area contributed by atoms with Crippen LogP contribution in [0.1, 0.15) is 37.7 Å². The summed E-state index contributed by atoms with van der Waals surface area (Å²) in [6.07, 6.45) is 5.62. The van der Waals surface area contributed by atoms with Crippen LogP contribution in [0.2, 0.25) is 0 Å². The molecule has 1 aliphatic carbocycles. The van der Waals surface area contributed by atoms with Crippen LogP contribution in [0, 0.1) is 18.7 Å². The minimum atomic E-state index is -0.337. The third-order valence-corrected chi connectivity index (χ3v) is 3.81. The third kappa shape index (κ3) is 3.70. The third-order valence-electron chi connectivity index (χ3n) is 3.81. The van der Waals surface area contributed by atoms with Crippen LogP contribution in [0.5, 0.6) is 0 Å². The summed E-state index contributed by atoms with van der Waals surface area (Å²) < 4.78 is 13.1. The van der Waals surface area contributed by atoms with Gasteiger partial charge in [0.05, 0.1) is 6.10 Å². The molecule has 1 saturated carbocycles. The predicted octanol–water partition coefficient (Wildman–Crippen LogP) is 3.49. The standard InChI is InChI=1S/C15H22FNO/c1-11-6-7-13(16)9-15(11)17-10-14(18)8-12-4-2-3-5-12/h6-7,9,12,14,17-18H,2-5,8,10H2,1H3. The Balaban J connectivity index is 1.81. The van der Waals surface area contributed by atoms with E-state index in [2.05, 4.69) is 5.32 Å². The molecular formula is C15H22FNO. The molecule has 100 valence electrons. The summed E-state index contributed by atoms with van der Waals surface area (Å²) in [5, 5.41) is 13.1. The first-order chi connectivity index (χ1) is 8.65. The maximum absolute atomic E-state index is 13.1. The van der Waals surface area contributed by atoms with Crippen molar-refractivity contribution in [3.05, 3.63) is 29.6 Å². The van der Waals surface area contributed by atoms with Crippen LogP contribution in [0.4, 0.5) is 10.1 Å². The minimum absolute atomic E-state index is 0.242. The molecule has 0 radical (unpaired) electrons. The molecule has 1 fully saturated rings. The van der Waals surface area contributed by atoms with Gasteiger partial charge in [-0.05, 0) is 37.0 Å². The lowest BCUT2D eigenvalue weighted by molar-refractivity contribution is 0.155. The highest BCUT2D eigenvalue weighted by Crippen LogP contribution is 2.28. The Morgan fingerprint density at radius 1 is 1.39 bits per heavy atom. The number of aliphatic hydroxyl groups is 1. The van der Waals surface area contributed by atoms with Gasteiger partial charge in [-0.25, -0.2) is 4.39 Å². The fraction of sp³-hybridized carbons (Fsp3) is 0.600. The average Bonchev–Trinajstić information content (AvgIpc) is 2.83. The molecule has 2 N–H and O–H groups in total. The first-order valence-corrected chi connectivity index (χ1v) is 6.83. The number of anilines is 1. The predicted molar refractivity (Wildman–Crippen MR) is 72.2 cm³/mol. The van der Waals surface area contributed by atoms with Crippen molar-refractivity contribution in [3.63, 3.8) is 0 Å². The lowest BCUT2D eigenvalue weighted by atomic mass is 10.00. The van der Waals surface area contributed by atoms with Gasteiger partial charge < -0.3 is 10.4 Å². The first kappa shape index (κ1) is 13.3. The van der Waals surface area contributed by atoms with Crippen molar-refractivity contribution in [2.45, 2.75) is 45.1 Å². The van der Waals surface area contributed by atoms with Crippen molar-refractivity contribution in [2.75, 3.05) is 11.9 Å². The Bertz CT molecular complexity index is 388. The Kier molecular flexibility index (Phi) is 4.59. The second-order valence-electron chi connectivity index (χ2n) is 5.38. The van der Waals surface area contributed by atoms with Gasteiger partial charge in [-0.2, -0.15) is 0 Å². The Hall–Kier alpha value is -1.09.